The summed E-state index contributed by atoms with van der Waals surface area (Å²) in [5.41, 5.74) is 2.98. The van der Waals surface area contributed by atoms with Crippen molar-refractivity contribution >= 4 is 50.9 Å². The number of hydrogen-bond donors (Lipinski definition) is 0. The zero-order valence-electron chi connectivity index (χ0n) is 14.1. The van der Waals surface area contributed by atoms with Crippen molar-refractivity contribution in [1.82, 2.24) is 0 Å². The Bertz CT molecular complexity index is 1030. The molecular formula is C21H18BrN3O. The molecule has 2 aliphatic rings. The van der Waals surface area contributed by atoms with Crippen LogP contribution in [-0.2, 0) is 0 Å². The molecule has 2 heterocycles. The SMILES string of the molecule is Br.O=C(CN1C2=NCCN2c2ccccc21)c1cccc2ccccc12. The van der Waals surface area contributed by atoms with Gasteiger partial charge in [0.2, 0.25) is 5.96 Å². The van der Waals surface area contributed by atoms with Crippen LogP contribution in [-0.4, -0.2) is 31.4 Å². The minimum absolute atomic E-state index is 0. The van der Waals surface area contributed by atoms with E-state index in [1.54, 1.807) is 0 Å². The van der Waals surface area contributed by atoms with E-state index >= 15 is 0 Å². The van der Waals surface area contributed by atoms with Crippen molar-refractivity contribution in [3.8, 4) is 0 Å². The molecule has 0 radical (unpaired) electrons. The maximum absolute atomic E-state index is 13.1. The van der Waals surface area contributed by atoms with Crippen molar-refractivity contribution in [2.75, 3.05) is 29.4 Å². The highest BCUT2D eigenvalue weighted by molar-refractivity contribution is 8.93. The minimum atomic E-state index is 0. The fourth-order valence-corrected chi connectivity index (χ4v) is 3.78. The Kier molecular flexibility index (Phi) is 4.24. The van der Waals surface area contributed by atoms with Crippen LogP contribution >= 0.6 is 17.0 Å². The lowest BCUT2D eigenvalue weighted by Crippen LogP contribution is -2.38. The monoisotopic (exact) mass is 407 g/mol. The first-order valence-corrected chi connectivity index (χ1v) is 8.52. The number of nitrogens with zero attached hydrogens (tertiary/aromatic N) is 3. The third-order valence-electron chi connectivity index (χ3n) is 4.91. The zero-order chi connectivity index (χ0) is 16.8. The van der Waals surface area contributed by atoms with Gasteiger partial charge in [-0.2, -0.15) is 0 Å². The summed E-state index contributed by atoms with van der Waals surface area (Å²) >= 11 is 0. The molecule has 0 unspecified atom stereocenters. The van der Waals surface area contributed by atoms with Gasteiger partial charge in [0.05, 0.1) is 24.5 Å². The van der Waals surface area contributed by atoms with Gasteiger partial charge in [0.15, 0.2) is 5.78 Å². The highest BCUT2D eigenvalue weighted by atomic mass is 79.9. The maximum atomic E-state index is 13.1. The number of fused-ring (bicyclic) bond motifs is 4. The Balaban J connectivity index is 0.00000168. The van der Waals surface area contributed by atoms with E-state index in [9.17, 15) is 4.79 Å². The second-order valence-corrected chi connectivity index (χ2v) is 6.36. The summed E-state index contributed by atoms with van der Waals surface area (Å²) in [6, 6.07) is 22.1. The van der Waals surface area contributed by atoms with E-state index in [-0.39, 0.29) is 22.8 Å². The Morgan fingerprint density at radius 2 is 1.65 bits per heavy atom. The number of aliphatic imine (C=N–C) groups is 1. The molecule has 5 rings (SSSR count). The number of para-hydroxylation sites is 2. The summed E-state index contributed by atoms with van der Waals surface area (Å²) in [4.78, 5) is 22.0. The third kappa shape index (κ3) is 2.51. The summed E-state index contributed by atoms with van der Waals surface area (Å²) in [6.07, 6.45) is 0. The first-order valence-electron chi connectivity index (χ1n) is 8.52. The van der Waals surface area contributed by atoms with Crippen LogP contribution in [0.5, 0.6) is 0 Å². The Hall–Kier alpha value is -2.66. The second kappa shape index (κ2) is 6.57. The predicted molar refractivity (Wildman–Crippen MR) is 112 cm³/mol. The molecule has 0 atom stereocenters. The molecule has 2 aliphatic heterocycles. The van der Waals surface area contributed by atoms with Gasteiger partial charge in [-0.3, -0.25) is 9.79 Å². The van der Waals surface area contributed by atoms with Crippen molar-refractivity contribution in [2.45, 2.75) is 0 Å². The average Bonchev–Trinajstić information content (AvgIpc) is 3.24. The van der Waals surface area contributed by atoms with Gasteiger partial charge in [0, 0.05) is 12.1 Å². The van der Waals surface area contributed by atoms with E-state index in [1.165, 1.54) is 0 Å². The first-order chi connectivity index (χ1) is 12.3. The van der Waals surface area contributed by atoms with Gasteiger partial charge in [-0.15, -0.1) is 17.0 Å². The Morgan fingerprint density at radius 1 is 0.923 bits per heavy atom. The number of guanidine groups is 1. The normalized spacial score (nSPS) is 14.7. The lowest BCUT2D eigenvalue weighted by molar-refractivity contribution is 0.100. The van der Waals surface area contributed by atoms with E-state index in [0.717, 1.165) is 46.8 Å². The molecule has 0 fully saturated rings. The largest absolute Gasteiger partial charge is 0.308 e. The van der Waals surface area contributed by atoms with Crippen LogP contribution in [0.3, 0.4) is 0 Å². The molecule has 3 aromatic rings. The van der Waals surface area contributed by atoms with E-state index < -0.39 is 0 Å². The number of ketones is 1. The van der Waals surface area contributed by atoms with Crippen LogP contribution in [0.1, 0.15) is 10.4 Å². The summed E-state index contributed by atoms with van der Waals surface area (Å²) in [7, 11) is 0. The molecule has 0 spiro atoms. The molecule has 0 amide bonds. The van der Waals surface area contributed by atoms with Gasteiger partial charge in [0.25, 0.3) is 0 Å². The van der Waals surface area contributed by atoms with Crippen molar-refractivity contribution in [3.63, 3.8) is 0 Å². The number of halogens is 1. The van der Waals surface area contributed by atoms with E-state index in [2.05, 4.69) is 22.0 Å². The summed E-state index contributed by atoms with van der Waals surface area (Å²) in [5.74, 6) is 1.01. The van der Waals surface area contributed by atoms with Crippen LogP contribution in [0.4, 0.5) is 11.4 Å². The van der Waals surface area contributed by atoms with Crippen LogP contribution in [0.15, 0.2) is 71.7 Å². The molecule has 0 bridgehead atoms. The average molecular weight is 408 g/mol. The summed E-state index contributed by atoms with van der Waals surface area (Å²) < 4.78 is 0. The van der Waals surface area contributed by atoms with Crippen molar-refractivity contribution in [3.05, 3.63) is 72.3 Å². The first kappa shape index (κ1) is 16.8. The molecular weight excluding hydrogens is 390 g/mol. The fourth-order valence-electron chi connectivity index (χ4n) is 3.78. The predicted octanol–water partition coefficient (Wildman–Crippen LogP) is 4.30. The van der Waals surface area contributed by atoms with E-state index in [0.29, 0.717) is 6.54 Å². The Labute approximate surface area is 162 Å². The molecule has 5 heteroatoms. The molecule has 4 nitrogen and oxygen atoms in total. The second-order valence-electron chi connectivity index (χ2n) is 6.36. The smallest absolute Gasteiger partial charge is 0.206 e. The summed E-state index contributed by atoms with van der Waals surface area (Å²) in [6.45, 7) is 1.97. The van der Waals surface area contributed by atoms with Crippen LogP contribution in [0, 0.1) is 0 Å². The lowest BCUT2D eigenvalue weighted by atomic mass is 10.0. The van der Waals surface area contributed by atoms with Gasteiger partial charge < -0.3 is 9.80 Å². The van der Waals surface area contributed by atoms with Gasteiger partial charge in [-0.25, -0.2) is 0 Å². The molecule has 3 aromatic carbocycles. The highest BCUT2D eigenvalue weighted by Gasteiger charge is 2.36. The number of rotatable bonds is 3. The molecule has 0 saturated heterocycles. The lowest BCUT2D eigenvalue weighted by Gasteiger charge is -2.19. The van der Waals surface area contributed by atoms with Gasteiger partial charge in [-0.1, -0.05) is 54.6 Å². The number of carbonyl (C=O) groups is 1. The quantitative estimate of drug-likeness (QED) is 0.607. The number of anilines is 2. The minimum Gasteiger partial charge on any atom is -0.308 e. The molecule has 0 saturated carbocycles. The van der Waals surface area contributed by atoms with Crippen molar-refractivity contribution in [2.24, 2.45) is 4.99 Å². The van der Waals surface area contributed by atoms with E-state index in [1.807, 2.05) is 59.5 Å². The number of benzene rings is 3. The number of Topliss-reactive ketones (excluding diaryl/α,β-unsaturated/α-hetero) is 1. The topological polar surface area (TPSA) is 35.9 Å². The maximum Gasteiger partial charge on any atom is 0.206 e. The molecule has 0 N–H and O–H groups in total. The molecule has 0 aromatic heterocycles. The molecule has 0 aliphatic carbocycles. The third-order valence-corrected chi connectivity index (χ3v) is 4.91. The van der Waals surface area contributed by atoms with Crippen LogP contribution in [0.25, 0.3) is 10.8 Å². The van der Waals surface area contributed by atoms with Gasteiger partial charge >= 0.3 is 0 Å². The number of hydrogen-bond acceptors (Lipinski definition) is 4. The molecule has 130 valence electrons. The fraction of sp³-hybridized carbons (Fsp3) is 0.143. The highest BCUT2D eigenvalue weighted by Crippen LogP contribution is 2.38. The van der Waals surface area contributed by atoms with Crippen LogP contribution in [0.2, 0.25) is 0 Å². The Morgan fingerprint density at radius 3 is 2.54 bits per heavy atom. The molecule has 26 heavy (non-hydrogen) atoms. The van der Waals surface area contributed by atoms with Crippen molar-refractivity contribution < 1.29 is 4.79 Å². The number of carbonyl (C=O) groups excluding carboxylic acids is 1. The van der Waals surface area contributed by atoms with Gasteiger partial charge in [0.1, 0.15) is 0 Å². The van der Waals surface area contributed by atoms with E-state index in [4.69, 9.17) is 0 Å². The summed E-state index contributed by atoms with van der Waals surface area (Å²) in [5, 5.41) is 2.10. The van der Waals surface area contributed by atoms with Crippen molar-refractivity contribution in [1.29, 1.82) is 0 Å². The van der Waals surface area contributed by atoms with Crippen LogP contribution < -0.4 is 9.80 Å². The zero-order valence-corrected chi connectivity index (χ0v) is 15.8. The standard InChI is InChI=1S/C21H17N3O.BrH/c25-20(17-9-5-7-15-6-1-2-8-16(15)17)14-24-19-11-4-3-10-18(19)23-13-12-22-21(23)24;/h1-11H,12-14H2;1H. The van der Waals surface area contributed by atoms with Gasteiger partial charge in [-0.05, 0) is 22.9 Å².